The summed E-state index contributed by atoms with van der Waals surface area (Å²) < 4.78 is 1.87. The van der Waals surface area contributed by atoms with E-state index in [9.17, 15) is 0 Å². The van der Waals surface area contributed by atoms with Crippen molar-refractivity contribution >= 4 is 0 Å². The monoisotopic (exact) mass is 222 g/mol. The molecule has 1 unspecified atom stereocenters. The number of aromatic nitrogens is 2. The van der Waals surface area contributed by atoms with Crippen molar-refractivity contribution in [2.24, 2.45) is 18.7 Å². The summed E-state index contributed by atoms with van der Waals surface area (Å²) >= 11 is 0. The molecule has 2 heterocycles. The second-order valence-corrected chi connectivity index (χ2v) is 4.84. The van der Waals surface area contributed by atoms with Gasteiger partial charge < -0.3 is 5.73 Å². The third kappa shape index (κ3) is 2.44. The van der Waals surface area contributed by atoms with Crippen molar-refractivity contribution in [2.75, 3.05) is 19.6 Å². The predicted molar refractivity (Wildman–Crippen MR) is 65.0 cm³/mol. The van der Waals surface area contributed by atoms with Crippen LogP contribution in [0, 0.1) is 5.92 Å². The molecule has 0 aromatic carbocycles. The first-order valence-electron chi connectivity index (χ1n) is 6.13. The summed E-state index contributed by atoms with van der Waals surface area (Å²) in [7, 11) is 1.97. The lowest BCUT2D eigenvalue weighted by molar-refractivity contribution is 0.143. The number of nitrogens with two attached hydrogens (primary N) is 1. The Labute approximate surface area is 97.4 Å². The van der Waals surface area contributed by atoms with Gasteiger partial charge in [0.05, 0.1) is 6.20 Å². The van der Waals surface area contributed by atoms with E-state index in [1.165, 1.54) is 18.4 Å². The molecule has 0 spiro atoms. The first kappa shape index (κ1) is 11.6. The molecule has 0 aliphatic carbocycles. The maximum absolute atomic E-state index is 5.71. The fourth-order valence-corrected chi connectivity index (χ4v) is 2.44. The minimum atomic E-state index is 0.479. The largest absolute Gasteiger partial charge is 0.330 e. The molecule has 2 rings (SSSR count). The molecule has 1 fully saturated rings. The molecule has 4 heteroatoms. The Morgan fingerprint density at radius 3 is 2.69 bits per heavy atom. The van der Waals surface area contributed by atoms with Gasteiger partial charge in [-0.1, -0.05) is 0 Å². The number of hydrogen-bond acceptors (Lipinski definition) is 3. The standard InChI is InChI=1S/C12H22N4/c1-10(12-8-14-15(2)9-12)16-5-3-11(7-13)4-6-16/h8-11H,3-7,13H2,1-2H3. The van der Waals surface area contributed by atoms with Crippen LogP contribution in [0.3, 0.4) is 0 Å². The molecule has 1 aromatic heterocycles. The fraction of sp³-hybridized carbons (Fsp3) is 0.750. The Hall–Kier alpha value is -0.870. The van der Waals surface area contributed by atoms with E-state index in [4.69, 9.17) is 5.73 Å². The van der Waals surface area contributed by atoms with E-state index in [0.29, 0.717) is 6.04 Å². The van der Waals surface area contributed by atoms with Crippen LogP contribution >= 0.6 is 0 Å². The quantitative estimate of drug-likeness (QED) is 0.834. The topological polar surface area (TPSA) is 47.1 Å². The van der Waals surface area contributed by atoms with E-state index in [-0.39, 0.29) is 0 Å². The van der Waals surface area contributed by atoms with Crippen LogP contribution < -0.4 is 5.73 Å². The molecule has 0 radical (unpaired) electrons. The first-order valence-corrected chi connectivity index (χ1v) is 6.13. The molecule has 90 valence electrons. The zero-order valence-electron chi connectivity index (χ0n) is 10.3. The summed E-state index contributed by atoms with van der Waals surface area (Å²) in [4.78, 5) is 2.53. The Bertz CT molecular complexity index is 326. The van der Waals surface area contributed by atoms with Gasteiger partial charge in [-0.25, -0.2) is 0 Å². The highest BCUT2D eigenvalue weighted by atomic mass is 15.2. The third-order valence-corrected chi connectivity index (χ3v) is 3.74. The highest BCUT2D eigenvalue weighted by Gasteiger charge is 2.23. The van der Waals surface area contributed by atoms with Gasteiger partial charge in [0.25, 0.3) is 0 Å². The van der Waals surface area contributed by atoms with E-state index >= 15 is 0 Å². The smallest absolute Gasteiger partial charge is 0.0537 e. The summed E-state index contributed by atoms with van der Waals surface area (Å²) in [6.45, 7) is 5.44. The Morgan fingerprint density at radius 1 is 1.50 bits per heavy atom. The van der Waals surface area contributed by atoms with Gasteiger partial charge in [-0.05, 0) is 45.3 Å². The molecule has 0 saturated carbocycles. The molecule has 1 atom stereocenters. The summed E-state index contributed by atoms with van der Waals surface area (Å²) in [5, 5.41) is 4.23. The van der Waals surface area contributed by atoms with Gasteiger partial charge in [0.2, 0.25) is 0 Å². The zero-order chi connectivity index (χ0) is 11.5. The van der Waals surface area contributed by atoms with Gasteiger partial charge in [0, 0.05) is 24.8 Å². The van der Waals surface area contributed by atoms with Crippen molar-refractivity contribution < 1.29 is 0 Å². The minimum Gasteiger partial charge on any atom is -0.330 e. The molecule has 1 saturated heterocycles. The molecule has 0 amide bonds. The Balaban J connectivity index is 1.93. The highest BCUT2D eigenvalue weighted by Crippen LogP contribution is 2.25. The SMILES string of the molecule is CC(c1cnn(C)c1)N1CCC(CN)CC1. The molecule has 16 heavy (non-hydrogen) atoms. The van der Waals surface area contributed by atoms with E-state index in [1.54, 1.807) is 0 Å². The first-order chi connectivity index (χ1) is 7.70. The second kappa shape index (κ2) is 4.97. The second-order valence-electron chi connectivity index (χ2n) is 4.84. The van der Waals surface area contributed by atoms with Crippen LogP contribution in [-0.4, -0.2) is 34.3 Å². The van der Waals surface area contributed by atoms with Gasteiger partial charge in [-0.2, -0.15) is 5.10 Å². The number of nitrogens with zero attached hydrogens (tertiary/aromatic N) is 3. The van der Waals surface area contributed by atoms with Crippen LogP contribution in [0.2, 0.25) is 0 Å². The van der Waals surface area contributed by atoms with Gasteiger partial charge in [0.1, 0.15) is 0 Å². The highest BCUT2D eigenvalue weighted by molar-refractivity contribution is 5.09. The molecular weight excluding hydrogens is 200 g/mol. The maximum Gasteiger partial charge on any atom is 0.0537 e. The van der Waals surface area contributed by atoms with Crippen molar-refractivity contribution in [2.45, 2.75) is 25.8 Å². The molecule has 1 aliphatic heterocycles. The molecule has 2 N–H and O–H groups in total. The lowest BCUT2D eigenvalue weighted by Crippen LogP contribution is -2.37. The number of hydrogen-bond donors (Lipinski definition) is 1. The Kier molecular flexibility index (Phi) is 3.61. The van der Waals surface area contributed by atoms with Crippen LogP contribution in [0.5, 0.6) is 0 Å². The van der Waals surface area contributed by atoms with E-state index < -0.39 is 0 Å². The summed E-state index contributed by atoms with van der Waals surface area (Å²) in [6, 6.07) is 0.479. The van der Waals surface area contributed by atoms with Crippen molar-refractivity contribution in [1.82, 2.24) is 14.7 Å². The van der Waals surface area contributed by atoms with Crippen LogP contribution in [0.4, 0.5) is 0 Å². The van der Waals surface area contributed by atoms with Gasteiger partial charge in [-0.3, -0.25) is 9.58 Å². The summed E-state index contributed by atoms with van der Waals surface area (Å²) in [5.41, 5.74) is 7.02. The summed E-state index contributed by atoms with van der Waals surface area (Å²) in [5.74, 6) is 0.734. The van der Waals surface area contributed by atoms with Crippen molar-refractivity contribution in [3.05, 3.63) is 18.0 Å². The average Bonchev–Trinajstić information content (AvgIpc) is 2.75. The van der Waals surface area contributed by atoms with Crippen LogP contribution in [-0.2, 0) is 7.05 Å². The number of likely N-dealkylation sites (tertiary alicyclic amines) is 1. The predicted octanol–water partition coefficient (Wildman–Crippen LogP) is 1.15. The van der Waals surface area contributed by atoms with Crippen molar-refractivity contribution in [1.29, 1.82) is 0 Å². The molecular formula is C12H22N4. The van der Waals surface area contributed by atoms with E-state index in [0.717, 1.165) is 25.6 Å². The van der Waals surface area contributed by atoms with Gasteiger partial charge in [-0.15, -0.1) is 0 Å². The van der Waals surface area contributed by atoms with Crippen LogP contribution in [0.15, 0.2) is 12.4 Å². The minimum absolute atomic E-state index is 0.479. The molecule has 4 nitrogen and oxygen atoms in total. The zero-order valence-corrected chi connectivity index (χ0v) is 10.3. The van der Waals surface area contributed by atoms with E-state index in [2.05, 4.69) is 23.1 Å². The molecule has 1 aliphatic rings. The molecule has 0 bridgehead atoms. The van der Waals surface area contributed by atoms with Gasteiger partial charge in [0.15, 0.2) is 0 Å². The number of aryl methyl sites for hydroxylation is 1. The van der Waals surface area contributed by atoms with Gasteiger partial charge >= 0.3 is 0 Å². The lowest BCUT2D eigenvalue weighted by atomic mass is 9.95. The number of piperidine rings is 1. The van der Waals surface area contributed by atoms with E-state index in [1.807, 2.05) is 17.9 Å². The number of rotatable bonds is 3. The van der Waals surface area contributed by atoms with Crippen molar-refractivity contribution in [3.63, 3.8) is 0 Å². The fourth-order valence-electron chi connectivity index (χ4n) is 2.44. The third-order valence-electron chi connectivity index (χ3n) is 3.74. The average molecular weight is 222 g/mol. The van der Waals surface area contributed by atoms with Crippen LogP contribution in [0.25, 0.3) is 0 Å². The van der Waals surface area contributed by atoms with Crippen molar-refractivity contribution in [3.8, 4) is 0 Å². The van der Waals surface area contributed by atoms with Crippen LogP contribution in [0.1, 0.15) is 31.4 Å². The lowest BCUT2D eigenvalue weighted by Gasteiger charge is -2.35. The normalized spacial score (nSPS) is 21.2. The summed E-state index contributed by atoms with van der Waals surface area (Å²) in [6.07, 6.45) is 6.56. The maximum atomic E-state index is 5.71. The molecule has 1 aromatic rings. The Morgan fingerprint density at radius 2 is 2.19 bits per heavy atom.